The second-order valence-electron chi connectivity index (χ2n) is 9.59. The van der Waals surface area contributed by atoms with Crippen molar-refractivity contribution in [3.05, 3.63) is 23.5 Å². The van der Waals surface area contributed by atoms with Crippen LogP contribution < -0.4 is 0 Å². The topological polar surface area (TPSA) is 43.4 Å². The number of ketones is 1. The predicted molar refractivity (Wildman–Crippen MR) is 89.8 cm³/mol. The predicted octanol–water partition coefficient (Wildman–Crippen LogP) is 4.33. The van der Waals surface area contributed by atoms with Crippen LogP contribution in [0.4, 0.5) is 0 Å². The molecule has 3 nitrogen and oxygen atoms in total. The van der Waals surface area contributed by atoms with Gasteiger partial charge >= 0.3 is 5.97 Å². The van der Waals surface area contributed by atoms with E-state index in [4.69, 9.17) is 4.74 Å². The van der Waals surface area contributed by atoms with Gasteiger partial charge in [0.2, 0.25) is 0 Å². The molecular weight excluding hydrogens is 300 g/mol. The summed E-state index contributed by atoms with van der Waals surface area (Å²) in [5.74, 6) is 1.93. The monoisotopic (exact) mass is 326 g/mol. The zero-order valence-corrected chi connectivity index (χ0v) is 14.7. The summed E-state index contributed by atoms with van der Waals surface area (Å²) >= 11 is 0. The average Bonchev–Trinajstić information content (AvgIpc) is 2.89. The van der Waals surface area contributed by atoms with Gasteiger partial charge in [-0.3, -0.25) is 4.79 Å². The molecule has 3 fully saturated rings. The highest BCUT2D eigenvalue weighted by molar-refractivity contribution is 5.95. The van der Waals surface area contributed by atoms with Gasteiger partial charge in [0.25, 0.3) is 0 Å². The first kappa shape index (κ1) is 14.9. The Labute approximate surface area is 143 Å². The van der Waals surface area contributed by atoms with Gasteiger partial charge in [0, 0.05) is 23.0 Å². The summed E-state index contributed by atoms with van der Waals surface area (Å²) in [7, 11) is 0. The number of rotatable bonds is 0. The smallest absolute Gasteiger partial charge is 0.339 e. The van der Waals surface area contributed by atoms with Crippen LogP contribution in [0.25, 0.3) is 0 Å². The van der Waals surface area contributed by atoms with Crippen LogP contribution in [-0.2, 0) is 14.3 Å². The SMILES string of the molecule is C=C1OC(=O)C2=C1[C@H]1CC[C@@]34CC(=O)[C@@](C)(CC[C@H]3[C@]1(C)CC2)C4. The maximum Gasteiger partial charge on any atom is 0.339 e. The van der Waals surface area contributed by atoms with Crippen LogP contribution in [0, 0.1) is 28.1 Å². The number of ether oxygens (including phenoxy) is 1. The van der Waals surface area contributed by atoms with Crippen LogP contribution in [0.2, 0.25) is 0 Å². The Bertz CT molecular complexity index is 731. The van der Waals surface area contributed by atoms with Crippen molar-refractivity contribution in [3.63, 3.8) is 0 Å². The quantitative estimate of drug-likeness (QED) is 0.622. The van der Waals surface area contributed by atoms with Gasteiger partial charge in [0.05, 0.1) is 0 Å². The molecule has 4 aliphatic carbocycles. The molecule has 5 rings (SSSR count). The number of hydrogen-bond acceptors (Lipinski definition) is 3. The molecule has 0 unspecified atom stereocenters. The molecule has 2 bridgehead atoms. The fourth-order valence-electron chi connectivity index (χ4n) is 7.46. The summed E-state index contributed by atoms with van der Waals surface area (Å²) in [6, 6.07) is 0. The molecule has 1 aliphatic heterocycles. The van der Waals surface area contributed by atoms with Gasteiger partial charge in [-0.15, -0.1) is 0 Å². The summed E-state index contributed by atoms with van der Waals surface area (Å²) in [4.78, 5) is 24.8. The molecule has 5 aliphatic rings. The van der Waals surface area contributed by atoms with Crippen LogP contribution in [-0.4, -0.2) is 11.8 Å². The lowest BCUT2D eigenvalue weighted by atomic mass is 9.43. The summed E-state index contributed by atoms with van der Waals surface area (Å²) < 4.78 is 5.37. The van der Waals surface area contributed by atoms with E-state index in [1.165, 1.54) is 6.42 Å². The van der Waals surface area contributed by atoms with E-state index in [2.05, 4.69) is 20.4 Å². The molecule has 0 saturated heterocycles. The molecule has 128 valence electrons. The molecule has 1 spiro atoms. The number of cyclic esters (lactones) is 1. The summed E-state index contributed by atoms with van der Waals surface area (Å²) in [5.41, 5.74) is 2.36. The third-order valence-electron chi connectivity index (χ3n) is 8.52. The van der Waals surface area contributed by atoms with Crippen molar-refractivity contribution in [1.29, 1.82) is 0 Å². The van der Waals surface area contributed by atoms with Gasteiger partial charge in [-0.2, -0.15) is 0 Å². The second kappa shape index (κ2) is 4.23. The van der Waals surface area contributed by atoms with E-state index in [0.29, 0.717) is 23.4 Å². The fraction of sp³-hybridized carbons (Fsp3) is 0.714. The van der Waals surface area contributed by atoms with Crippen LogP contribution in [0.15, 0.2) is 23.5 Å². The number of fused-ring (bicyclic) bond motifs is 4. The third-order valence-corrected chi connectivity index (χ3v) is 8.52. The summed E-state index contributed by atoms with van der Waals surface area (Å²) in [6.07, 6.45) is 8.16. The molecule has 24 heavy (non-hydrogen) atoms. The summed E-state index contributed by atoms with van der Waals surface area (Å²) in [5, 5.41) is 0. The number of hydrogen-bond donors (Lipinski definition) is 0. The van der Waals surface area contributed by atoms with Crippen molar-refractivity contribution in [2.45, 2.75) is 65.2 Å². The van der Waals surface area contributed by atoms with Gasteiger partial charge in [-0.05, 0) is 67.6 Å². The van der Waals surface area contributed by atoms with Gasteiger partial charge in [0.1, 0.15) is 11.5 Å². The minimum absolute atomic E-state index is 0.0607. The van der Waals surface area contributed by atoms with Crippen LogP contribution in [0.5, 0.6) is 0 Å². The molecule has 0 aromatic heterocycles. The number of carbonyl (C=O) groups is 2. The number of carbonyl (C=O) groups excluding carboxylic acids is 2. The largest absolute Gasteiger partial charge is 0.423 e. The van der Waals surface area contributed by atoms with Crippen molar-refractivity contribution in [1.82, 2.24) is 0 Å². The molecule has 3 heteroatoms. The Hall–Kier alpha value is -1.38. The average molecular weight is 326 g/mol. The molecule has 0 aromatic carbocycles. The first-order chi connectivity index (χ1) is 11.3. The Morgan fingerprint density at radius 1 is 1.12 bits per heavy atom. The molecule has 5 atom stereocenters. The Kier molecular flexibility index (Phi) is 2.63. The van der Waals surface area contributed by atoms with E-state index >= 15 is 0 Å². The second-order valence-corrected chi connectivity index (χ2v) is 9.59. The van der Waals surface area contributed by atoms with Crippen LogP contribution >= 0.6 is 0 Å². The van der Waals surface area contributed by atoms with E-state index in [9.17, 15) is 9.59 Å². The van der Waals surface area contributed by atoms with Gasteiger partial charge in [0.15, 0.2) is 0 Å². The standard InChI is InChI=1S/C21H26O3/c1-12-17-13(18(23)24-12)4-8-20(3)14(17)5-9-21-10-16(22)19(2,11-21)7-6-15(20)21/h14-15H,1,4-11H2,2-3H3/t14-,15+,19+,20-,21+/m1/s1. The lowest BCUT2D eigenvalue weighted by Gasteiger charge is -2.60. The van der Waals surface area contributed by atoms with E-state index in [0.717, 1.165) is 56.1 Å². The van der Waals surface area contributed by atoms with Gasteiger partial charge < -0.3 is 4.74 Å². The Balaban J connectivity index is 1.59. The normalized spacial score (nSPS) is 49.7. The number of allylic oxidation sites excluding steroid dienone is 1. The first-order valence-corrected chi connectivity index (χ1v) is 9.47. The minimum Gasteiger partial charge on any atom is -0.423 e. The van der Waals surface area contributed by atoms with Crippen molar-refractivity contribution in [2.75, 3.05) is 0 Å². The number of Topliss-reactive ketones (excluding diaryl/α,β-unsaturated/α-hetero) is 1. The van der Waals surface area contributed by atoms with Crippen molar-refractivity contribution in [3.8, 4) is 0 Å². The van der Waals surface area contributed by atoms with Crippen molar-refractivity contribution in [2.24, 2.45) is 28.1 Å². The molecule has 0 amide bonds. The van der Waals surface area contributed by atoms with E-state index in [1.54, 1.807) is 0 Å². The Morgan fingerprint density at radius 2 is 1.92 bits per heavy atom. The molecule has 0 aromatic rings. The lowest BCUT2D eigenvalue weighted by Crippen LogP contribution is -2.52. The van der Waals surface area contributed by atoms with Gasteiger partial charge in [-0.25, -0.2) is 4.79 Å². The maximum atomic E-state index is 12.7. The highest BCUT2D eigenvalue weighted by Gasteiger charge is 2.66. The molecule has 0 radical (unpaired) electrons. The van der Waals surface area contributed by atoms with E-state index in [1.807, 2.05) is 0 Å². The highest BCUT2D eigenvalue weighted by atomic mass is 16.5. The maximum absolute atomic E-state index is 12.7. The van der Waals surface area contributed by atoms with Crippen LogP contribution in [0.3, 0.4) is 0 Å². The van der Waals surface area contributed by atoms with Gasteiger partial charge in [-0.1, -0.05) is 20.4 Å². The highest BCUT2D eigenvalue weighted by Crippen LogP contribution is 2.72. The summed E-state index contributed by atoms with van der Waals surface area (Å²) in [6.45, 7) is 8.65. The molecule has 0 N–H and O–H groups in total. The third kappa shape index (κ3) is 1.55. The molecule has 3 saturated carbocycles. The van der Waals surface area contributed by atoms with E-state index in [-0.39, 0.29) is 22.2 Å². The van der Waals surface area contributed by atoms with Crippen molar-refractivity contribution < 1.29 is 14.3 Å². The van der Waals surface area contributed by atoms with E-state index < -0.39 is 0 Å². The molecule has 1 heterocycles. The first-order valence-electron chi connectivity index (χ1n) is 9.47. The molecular formula is C21H26O3. The zero-order valence-electron chi connectivity index (χ0n) is 14.7. The van der Waals surface area contributed by atoms with Crippen LogP contribution in [0.1, 0.15) is 65.2 Å². The fourth-order valence-corrected chi connectivity index (χ4v) is 7.46. The minimum atomic E-state index is -0.162. The number of esters is 1. The zero-order chi connectivity index (χ0) is 16.9. The Morgan fingerprint density at radius 3 is 2.71 bits per heavy atom. The van der Waals surface area contributed by atoms with Crippen molar-refractivity contribution >= 4 is 11.8 Å². The lowest BCUT2D eigenvalue weighted by molar-refractivity contribution is -0.133.